The molecular formula is C53H35N3O. The lowest BCUT2D eigenvalue weighted by Gasteiger charge is -2.36. The second kappa shape index (κ2) is 12.4. The highest BCUT2D eigenvalue weighted by molar-refractivity contribution is 6.09. The summed E-state index contributed by atoms with van der Waals surface area (Å²) in [6.07, 6.45) is 6.69. The first-order chi connectivity index (χ1) is 28.3. The Morgan fingerprint density at radius 2 is 1.12 bits per heavy atom. The molecule has 0 radical (unpaired) electrons. The average Bonchev–Trinajstić information content (AvgIpc) is 3.98. The quantitative estimate of drug-likeness (QED) is 0.177. The topological polar surface area (TPSA) is 43.3 Å². The van der Waals surface area contributed by atoms with E-state index in [2.05, 4.69) is 180 Å². The molecule has 0 N–H and O–H groups in total. The van der Waals surface area contributed by atoms with E-state index in [1.807, 2.05) is 12.1 Å². The molecule has 0 fully saturated rings. The maximum absolute atomic E-state index is 6.38. The highest BCUT2D eigenvalue weighted by atomic mass is 16.3. The lowest BCUT2D eigenvalue weighted by molar-refractivity contribution is 0.670. The third-order valence-electron chi connectivity index (χ3n) is 12.4. The van der Waals surface area contributed by atoms with E-state index in [1.165, 1.54) is 49.9 Å². The summed E-state index contributed by atoms with van der Waals surface area (Å²) in [4.78, 5) is 0. The SMILES string of the molecule is C1=C(c2cn3c(-c4ccc(-c5cccc6c5oc5ccccc56)cc4)nnc3c3ccccc23)CCC2=C1C(c1ccccc1)(c1ccccc1)c1ccccc12. The summed E-state index contributed by atoms with van der Waals surface area (Å²) in [6, 6.07) is 63.1. The predicted octanol–water partition coefficient (Wildman–Crippen LogP) is 13.1. The highest BCUT2D eigenvalue weighted by Gasteiger charge is 2.47. The molecule has 10 aromatic rings. The van der Waals surface area contributed by atoms with Gasteiger partial charge in [0.25, 0.3) is 0 Å². The highest BCUT2D eigenvalue weighted by Crippen LogP contribution is 2.58. The largest absolute Gasteiger partial charge is 0.455 e. The minimum atomic E-state index is -0.434. The third kappa shape index (κ3) is 4.62. The molecule has 0 spiro atoms. The molecule has 0 saturated heterocycles. The van der Waals surface area contributed by atoms with Crippen molar-refractivity contribution in [2.24, 2.45) is 0 Å². The van der Waals surface area contributed by atoms with Crippen molar-refractivity contribution in [1.29, 1.82) is 0 Å². The maximum Gasteiger partial charge on any atom is 0.169 e. The number of hydrogen-bond donors (Lipinski definition) is 0. The second-order valence-corrected chi connectivity index (χ2v) is 15.3. The summed E-state index contributed by atoms with van der Waals surface area (Å²) in [5, 5.41) is 14.2. The molecule has 0 atom stereocenters. The van der Waals surface area contributed by atoms with Gasteiger partial charge in [-0.3, -0.25) is 4.40 Å². The van der Waals surface area contributed by atoms with Gasteiger partial charge in [0.05, 0.1) is 5.41 Å². The van der Waals surface area contributed by atoms with Crippen molar-refractivity contribution >= 4 is 49.5 Å². The van der Waals surface area contributed by atoms with Gasteiger partial charge in [-0.15, -0.1) is 10.2 Å². The molecule has 3 heterocycles. The third-order valence-corrected chi connectivity index (χ3v) is 12.4. The first-order valence-corrected chi connectivity index (χ1v) is 19.7. The van der Waals surface area contributed by atoms with Gasteiger partial charge in [-0.1, -0.05) is 176 Å². The Labute approximate surface area is 329 Å². The van der Waals surface area contributed by atoms with Crippen molar-refractivity contribution in [1.82, 2.24) is 14.6 Å². The summed E-state index contributed by atoms with van der Waals surface area (Å²) in [5.74, 6) is 0.818. The normalized spacial score (nSPS) is 14.7. The molecule has 0 aliphatic heterocycles. The fourth-order valence-corrected chi connectivity index (χ4v) is 9.87. The van der Waals surface area contributed by atoms with E-state index in [9.17, 15) is 0 Å². The molecular weight excluding hydrogens is 695 g/mol. The van der Waals surface area contributed by atoms with E-state index >= 15 is 0 Å². The molecule has 0 saturated carbocycles. The van der Waals surface area contributed by atoms with Crippen LogP contribution in [0.25, 0.3) is 72.0 Å². The summed E-state index contributed by atoms with van der Waals surface area (Å²) in [6.45, 7) is 0. The fraction of sp³-hybridized carbons (Fsp3) is 0.0566. The van der Waals surface area contributed by atoms with Gasteiger partial charge in [0.1, 0.15) is 11.2 Å². The van der Waals surface area contributed by atoms with Crippen LogP contribution in [-0.4, -0.2) is 14.6 Å². The first-order valence-electron chi connectivity index (χ1n) is 19.7. The van der Waals surface area contributed by atoms with Crippen LogP contribution in [0.15, 0.2) is 198 Å². The van der Waals surface area contributed by atoms with Gasteiger partial charge in [-0.2, -0.15) is 0 Å². The molecule has 268 valence electrons. The van der Waals surface area contributed by atoms with Crippen molar-refractivity contribution in [2.45, 2.75) is 18.3 Å². The van der Waals surface area contributed by atoms with Crippen LogP contribution >= 0.6 is 0 Å². The van der Waals surface area contributed by atoms with Crippen LogP contribution in [-0.2, 0) is 5.41 Å². The zero-order valence-corrected chi connectivity index (χ0v) is 31.1. The number of nitrogens with zero attached hydrogens (tertiary/aromatic N) is 3. The first kappa shape index (κ1) is 32.0. The van der Waals surface area contributed by atoms with Crippen molar-refractivity contribution in [2.75, 3.05) is 0 Å². The molecule has 2 aliphatic rings. The molecule has 3 aromatic heterocycles. The van der Waals surface area contributed by atoms with Crippen molar-refractivity contribution in [3.63, 3.8) is 0 Å². The Hall–Kier alpha value is -7.30. The molecule has 0 amide bonds. The van der Waals surface area contributed by atoms with Gasteiger partial charge < -0.3 is 4.42 Å². The average molecular weight is 730 g/mol. The van der Waals surface area contributed by atoms with Crippen LogP contribution in [0.1, 0.15) is 40.7 Å². The summed E-state index contributed by atoms with van der Waals surface area (Å²) >= 11 is 0. The number of para-hydroxylation sites is 2. The van der Waals surface area contributed by atoms with Crippen molar-refractivity contribution < 1.29 is 4.42 Å². The van der Waals surface area contributed by atoms with Crippen LogP contribution in [0.5, 0.6) is 0 Å². The van der Waals surface area contributed by atoms with Crippen LogP contribution in [0, 0.1) is 0 Å². The van der Waals surface area contributed by atoms with E-state index in [4.69, 9.17) is 14.6 Å². The van der Waals surface area contributed by atoms with Crippen LogP contribution < -0.4 is 0 Å². The van der Waals surface area contributed by atoms with Crippen molar-refractivity contribution in [3.05, 3.63) is 222 Å². The summed E-state index contributed by atoms with van der Waals surface area (Å²) in [7, 11) is 0. The molecule has 57 heavy (non-hydrogen) atoms. The zero-order valence-electron chi connectivity index (χ0n) is 31.1. The van der Waals surface area contributed by atoms with E-state index in [-0.39, 0.29) is 0 Å². The smallest absolute Gasteiger partial charge is 0.169 e. The molecule has 12 rings (SSSR count). The Morgan fingerprint density at radius 1 is 0.491 bits per heavy atom. The molecule has 7 aromatic carbocycles. The minimum Gasteiger partial charge on any atom is -0.455 e. The number of allylic oxidation sites excluding steroid dienone is 4. The van der Waals surface area contributed by atoms with Crippen LogP contribution in [0.4, 0.5) is 0 Å². The number of aromatic nitrogens is 3. The number of pyridine rings is 1. The van der Waals surface area contributed by atoms with Gasteiger partial charge in [-0.25, -0.2) is 0 Å². The Balaban J connectivity index is 1.02. The Bertz CT molecular complexity index is 3240. The predicted molar refractivity (Wildman–Crippen MR) is 232 cm³/mol. The zero-order chi connectivity index (χ0) is 37.5. The lowest BCUT2D eigenvalue weighted by atomic mass is 9.66. The lowest BCUT2D eigenvalue weighted by Crippen LogP contribution is -2.29. The van der Waals surface area contributed by atoms with Gasteiger partial charge in [-0.05, 0) is 68.8 Å². The number of benzene rings is 7. The molecule has 0 unspecified atom stereocenters. The standard InChI is InChI=1S/C53H35N3O/c1-3-14-37(15-4-1)53(38-16-5-2-6-17-38)47-24-11-9-19-41(47)42-31-30-36(32-48(42)53)46-33-56-51(54-55-52(56)45-21-8-7-18-40(45)46)35-28-26-34(27-29-35)39-22-13-23-44-43-20-10-12-25-49(43)57-50(39)44/h1-29,32-33H,30-31H2. The van der Waals surface area contributed by atoms with Crippen molar-refractivity contribution in [3.8, 4) is 22.5 Å². The Kier molecular flexibility index (Phi) is 6.93. The maximum atomic E-state index is 6.38. The number of fused-ring (bicyclic) bond motifs is 8. The minimum absolute atomic E-state index is 0.434. The van der Waals surface area contributed by atoms with E-state index in [0.717, 1.165) is 68.3 Å². The van der Waals surface area contributed by atoms with Crippen LogP contribution in [0.3, 0.4) is 0 Å². The Morgan fingerprint density at radius 3 is 1.91 bits per heavy atom. The number of rotatable bonds is 5. The summed E-state index contributed by atoms with van der Waals surface area (Å²) in [5.41, 5.74) is 16.0. The van der Waals surface area contributed by atoms with E-state index < -0.39 is 5.41 Å². The fourth-order valence-electron chi connectivity index (χ4n) is 9.87. The van der Waals surface area contributed by atoms with E-state index in [0.29, 0.717) is 0 Å². The summed E-state index contributed by atoms with van der Waals surface area (Å²) < 4.78 is 8.58. The van der Waals surface area contributed by atoms with Gasteiger partial charge in [0.2, 0.25) is 0 Å². The molecule has 4 heteroatoms. The molecule has 2 aliphatic carbocycles. The monoisotopic (exact) mass is 729 g/mol. The second-order valence-electron chi connectivity index (χ2n) is 15.3. The van der Waals surface area contributed by atoms with Crippen LogP contribution in [0.2, 0.25) is 0 Å². The number of furan rings is 1. The molecule has 0 bridgehead atoms. The number of hydrogen-bond acceptors (Lipinski definition) is 3. The van der Waals surface area contributed by atoms with Gasteiger partial charge in [0, 0.05) is 39.0 Å². The molecule has 4 nitrogen and oxygen atoms in total. The van der Waals surface area contributed by atoms with E-state index in [1.54, 1.807) is 0 Å². The van der Waals surface area contributed by atoms with Gasteiger partial charge in [0.15, 0.2) is 11.5 Å². The van der Waals surface area contributed by atoms with Gasteiger partial charge >= 0.3 is 0 Å².